The van der Waals surface area contributed by atoms with Gasteiger partial charge >= 0.3 is 0 Å². The van der Waals surface area contributed by atoms with E-state index in [1.165, 1.54) is 0 Å². The minimum Gasteiger partial charge on any atom is -0.465 e. The van der Waals surface area contributed by atoms with Crippen LogP contribution in [0.2, 0.25) is 0 Å². The Morgan fingerprint density at radius 3 is 2.71 bits per heavy atom. The molecule has 0 aromatic heterocycles. The van der Waals surface area contributed by atoms with Crippen molar-refractivity contribution >= 4 is 12.4 Å². The summed E-state index contributed by atoms with van der Waals surface area (Å²) in [6.45, 7) is 3.14. The van der Waals surface area contributed by atoms with Crippen molar-refractivity contribution in [2.75, 3.05) is 6.54 Å². The summed E-state index contributed by atoms with van der Waals surface area (Å²) in [7, 11) is 0. The summed E-state index contributed by atoms with van der Waals surface area (Å²) in [5.41, 5.74) is 10.3. The molecule has 0 amide bonds. The zero-order chi connectivity index (χ0) is 10.8. The maximum Gasteiger partial charge on any atom is 0.293 e. The van der Waals surface area contributed by atoms with Gasteiger partial charge in [0.25, 0.3) is 6.47 Å². The van der Waals surface area contributed by atoms with E-state index in [1.54, 1.807) is 0 Å². The van der Waals surface area contributed by atoms with E-state index in [0.717, 1.165) is 25.7 Å². The molecule has 0 aliphatic heterocycles. The van der Waals surface area contributed by atoms with E-state index >= 15 is 0 Å². The van der Waals surface area contributed by atoms with Crippen molar-refractivity contribution in [1.82, 2.24) is 0 Å². The summed E-state index contributed by atoms with van der Waals surface area (Å²) in [5.74, 6) is 0.105. The van der Waals surface area contributed by atoms with Crippen LogP contribution in [-0.2, 0) is 9.53 Å². The molecule has 0 saturated heterocycles. The fraction of sp³-hybridized carbons (Fsp3) is 0.778. The Hall–Kier alpha value is -1.26. The van der Waals surface area contributed by atoms with Crippen molar-refractivity contribution in [3.8, 4) is 0 Å². The van der Waals surface area contributed by atoms with Gasteiger partial charge in [0, 0.05) is 6.54 Å². The van der Waals surface area contributed by atoms with Crippen LogP contribution in [0.15, 0.2) is 4.99 Å². The quantitative estimate of drug-likeness (QED) is 0.257. The molecule has 1 atom stereocenters. The Balaban J connectivity index is 3.59. The molecular weight excluding hydrogens is 182 g/mol. The number of nitrogens with zero attached hydrogens (tertiary/aromatic N) is 1. The van der Waals surface area contributed by atoms with Crippen molar-refractivity contribution in [1.29, 1.82) is 0 Å². The summed E-state index contributed by atoms with van der Waals surface area (Å²) in [6.07, 6.45) is 3.54. The van der Waals surface area contributed by atoms with E-state index in [0.29, 0.717) is 13.0 Å². The molecule has 0 radical (unpaired) electrons. The first kappa shape index (κ1) is 12.7. The molecular formula is C9H19N3O2. The number of ether oxygens (including phenoxy) is 1. The summed E-state index contributed by atoms with van der Waals surface area (Å²) in [4.78, 5) is 14.0. The summed E-state index contributed by atoms with van der Waals surface area (Å²) in [5, 5.41) is 0. The zero-order valence-electron chi connectivity index (χ0n) is 8.61. The van der Waals surface area contributed by atoms with Gasteiger partial charge in [0.15, 0.2) is 5.96 Å². The van der Waals surface area contributed by atoms with Crippen molar-refractivity contribution in [2.45, 2.75) is 38.7 Å². The van der Waals surface area contributed by atoms with Crippen molar-refractivity contribution in [2.24, 2.45) is 16.5 Å². The van der Waals surface area contributed by atoms with Crippen LogP contribution >= 0.6 is 0 Å². The molecule has 0 aromatic carbocycles. The monoisotopic (exact) mass is 201 g/mol. The average molecular weight is 201 g/mol. The van der Waals surface area contributed by atoms with Gasteiger partial charge in [-0.25, -0.2) is 0 Å². The van der Waals surface area contributed by atoms with Crippen molar-refractivity contribution in [3.05, 3.63) is 0 Å². The number of carbonyl (C=O) groups is 1. The lowest BCUT2D eigenvalue weighted by atomic mass is 10.1. The third-order valence-corrected chi connectivity index (χ3v) is 1.84. The van der Waals surface area contributed by atoms with Gasteiger partial charge in [-0.3, -0.25) is 9.79 Å². The van der Waals surface area contributed by atoms with Gasteiger partial charge in [0.1, 0.15) is 6.10 Å². The molecule has 0 spiro atoms. The maximum atomic E-state index is 10.1. The molecule has 0 rings (SSSR count). The van der Waals surface area contributed by atoms with Crippen LogP contribution in [-0.4, -0.2) is 25.1 Å². The molecule has 5 nitrogen and oxygen atoms in total. The van der Waals surface area contributed by atoms with Gasteiger partial charge in [-0.05, 0) is 19.3 Å². The third-order valence-electron chi connectivity index (χ3n) is 1.84. The first-order chi connectivity index (χ1) is 6.70. The van der Waals surface area contributed by atoms with E-state index in [1.807, 2.05) is 0 Å². The van der Waals surface area contributed by atoms with Crippen LogP contribution in [0.5, 0.6) is 0 Å². The van der Waals surface area contributed by atoms with Crippen LogP contribution in [0.1, 0.15) is 32.6 Å². The zero-order valence-corrected chi connectivity index (χ0v) is 8.61. The van der Waals surface area contributed by atoms with E-state index in [9.17, 15) is 4.79 Å². The van der Waals surface area contributed by atoms with Crippen LogP contribution in [0.3, 0.4) is 0 Å². The first-order valence-corrected chi connectivity index (χ1v) is 4.85. The Labute approximate surface area is 84.5 Å². The molecule has 82 valence electrons. The summed E-state index contributed by atoms with van der Waals surface area (Å²) < 4.78 is 4.90. The van der Waals surface area contributed by atoms with Crippen molar-refractivity contribution < 1.29 is 9.53 Å². The molecule has 14 heavy (non-hydrogen) atoms. The molecule has 1 unspecified atom stereocenters. The average Bonchev–Trinajstić information content (AvgIpc) is 2.12. The Morgan fingerprint density at radius 1 is 1.50 bits per heavy atom. The van der Waals surface area contributed by atoms with E-state index in [4.69, 9.17) is 16.2 Å². The third kappa shape index (κ3) is 7.39. The number of rotatable bonds is 8. The maximum absolute atomic E-state index is 10.1. The molecule has 0 fully saturated rings. The highest BCUT2D eigenvalue weighted by atomic mass is 16.5. The number of nitrogens with two attached hydrogens (primary N) is 2. The number of aliphatic imine (C=N–C) groups is 1. The predicted octanol–water partition coefficient (Wildman–Crippen LogP) is 0.382. The topological polar surface area (TPSA) is 90.7 Å². The van der Waals surface area contributed by atoms with Gasteiger partial charge in [0.2, 0.25) is 0 Å². The number of carbonyl (C=O) groups excluding carboxylic acids is 1. The van der Waals surface area contributed by atoms with Gasteiger partial charge in [0.05, 0.1) is 0 Å². The van der Waals surface area contributed by atoms with Gasteiger partial charge < -0.3 is 16.2 Å². The smallest absolute Gasteiger partial charge is 0.293 e. The highest BCUT2D eigenvalue weighted by molar-refractivity contribution is 5.75. The molecule has 0 heterocycles. The predicted molar refractivity (Wildman–Crippen MR) is 55.8 cm³/mol. The molecule has 0 aliphatic rings. The summed E-state index contributed by atoms with van der Waals surface area (Å²) in [6, 6.07) is 0. The van der Waals surface area contributed by atoms with E-state index in [2.05, 4.69) is 11.9 Å². The Kier molecular flexibility index (Phi) is 7.59. The van der Waals surface area contributed by atoms with Gasteiger partial charge in [-0.15, -0.1) is 0 Å². The molecule has 0 saturated carbocycles. The molecule has 0 aliphatic carbocycles. The highest BCUT2D eigenvalue weighted by Crippen LogP contribution is 2.08. The number of hydrogen-bond acceptors (Lipinski definition) is 3. The van der Waals surface area contributed by atoms with Crippen LogP contribution in [0.25, 0.3) is 0 Å². The van der Waals surface area contributed by atoms with E-state index in [-0.39, 0.29) is 12.1 Å². The lowest BCUT2D eigenvalue weighted by molar-refractivity contribution is -0.134. The van der Waals surface area contributed by atoms with Crippen molar-refractivity contribution in [3.63, 3.8) is 0 Å². The minimum absolute atomic E-state index is 0.00620. The molecule has 5 heteroatoms. The summed E-state index contributed by atoms with van der Waals surface area (Å²) >= 11 is 0. The standard InChI is InChI=1S/C9H19N3O2/c1-2-4-8(14-7-13)5-3-6-12-9(10)11/h7-8H,2-6H2,1H3,(H4,10,11,12). The molecule has 0 bridgehead atoms. The highest BCUT2D eigenvalue weighted by Gasteiger charge is 2.06. The first-order valence-electron chi connectivity index (χ1n) is 4.85. The van der Waals surface area contributed by atoms with Crippen LogP contribution < -0.4 is 11.5 Å². The molecule has 4 N–H and O–H groups in total. The Bertz CT molecular complexity index is 179. The SMILES string of the molecule is CCCC(CCCN=C(N)N)OC=O. The number of hydrogen-bond donors (Lipinski definition) is 2. The van der Waals surface area contributed by atoms with Crippen LogP contribution in [0, 0.1) is 0 Å². The number of guanidine groups is 1. The normalized spacial score (nSPS) is 11.8. The fourth-order valence-electron chi connectivity index (χ4n) is 1.21. The minimum atomic E-state index is 0.00620. The second-order valence-electron chi connectivity index (χ2n) is 3.09. The van der Waals surface area contributed by atoms with E-state index < -0.39 is 0 Å². The largest absolute Gasteiger partial charge is 0.465 e. The second kappa shape index (κ2) is 8.34. The Morgan fingerprint density at radius 2 is 2.21 bits per heavy atom. The lowest BCUT2D eigenvalue weighted by Gasteiger charge is -2.12. The van der Waals surface area contributed by atoms with Gasteiger partial charge in [-0.2, -0.15) is 0 Å². The van der Waals surface area contributed by atoms with Crippen LogP contribution in [0.4, 0.5) is 0 Å². The van der Waals surface area contributed by atoms with Gasteiger partial charge in [-0.1, -0.05) is 13.3 Å². The molecule has 0 aromatic rings. The second-order valence-corrected chi connectivity index (χ2v) is 3.09. The fourth-order valence-corrected chi connectivity index (χ4v) is 1.21. The lowest BCUT2D eigenvalue weighted by Crippen LogP contribution is -2.23.